The molecule has 1 aromatic carbocycles. The van der Waals surface area contributed by atoms with Crippen molar-refractivity contribution in [3.63, 3.8) is 0 Å². The van der Waals surface area contributed by atoms with Crippen LogP contribution in [0.4, 0.5) is 10.1 Å². The second-order valence-corrected chi connectivity index (χ2v) is 14.6. The van der Waals surface area contributed by atoms with Crippen molar-refractivity contribution in [1.82, 2.24) is 4.57 Å². The van der Waals surface area contributed by atoms with Crippen molar-refractivity contribution in [1.29, 1.82) is 0 Å². The van der Waals surface area contributed by atoms with E-state index in [0.717, 1.165) is 0 Å². The Kier molecular flexibility index (Phi) is 7.71. The number of nitrogens with zero attached hydrogens (tertiary/aromatic N) is 1. The number of esters is 1. The van der Waals surface area contributed by atoms with E-state index >= 15 is 4.39 Å². The third-order valence-electron chi connectivity index (χ3n) is 8.33. The summed E-state index contributed by atoms with van der Waals surface area (Å²) in [7, 11) is -3.58. The molecule has 3 aliphatic rings. The predicted molar refractivity (Wildman–Crippen MR) is 151 cm³/mol. The summed E-state index contributed by atoms with van der Waals surface area (Å²) in [6.07, 6.45) is 2.64. The fourth-order valence-electron chi connectivity index (χ4n) is 6.33. The van der Waals surface area contributed by atoms with E-state index in [9.17, 15) is 18.0 Å². The number of fused-ring (bicyclic) bond motifs is 3. The number of rotatable bonds is 7. The van der Waals surface area contributed by atoms with E-state index in [2.05, 4.69) is 5.32 Å². The first kappa shape index (κ1) is 29.5. The van der Waals surface area contributed by atoms with Crippen LogP contribution >= 0.6 is 0 Å². The molecule has 1 atom stereocenters. The number of sulfone groups is 1. The molecule has 2 aliphatic heterocycles. The highest BCUT2D eigenvalue weighted by Gasteiger charge is 2.43. The lowest BCUT2D eigenvalue weighted by Crippen LogP contribution is -2.40. The fraction of sp³-hybridized carbons (Fsp3) is 0.586. The first-order chi connectivity index (χ1) is 19.2. The molecule has 2 aromatic rings. The summed E-state index contributed by atoms with van der Waals surface area (Å²) in [6, 6.07) is 2.08. The van der Waals surface area contributed by atoms with Gasteiger partial charge in [-0.2, -0.15) is 0 Å². The third-order valence-corrected chi connectivity index (χ3v) is 10.6. The number of nitrogens with two attached hydrogens (primary N) is 2. The molecule has 12 heteroatoms. The molecule has 10 nitrogen and oxygen atoms in total. The second kappa shape index (κ2) is 10.7. The SMILES string of the molecule is CC(C)[C@@H](N)C(=O)OC1CCC(Nc2cc(-n3c4c(c5c3CC(C)(C)CS5(=O)=O)COC4)cc(F)c2C(N)=O)CC1. The largest absolute Gasteiger partial charge is 0.461 e. The van der Waals surface area contributed by atoms with Crippen molar-refractivity contribution in [2.75, 3.05) is 11.1 Å². The molecular formula is C29H39FN4O6S. The summed E-state index contributed by atoms with van der Waals surface area (Å²) in [5, 5.41) is 3.30. The summed E-state index contributed by atoms with van der Waals surface area (Å²) in [5.74, 6) is -2.13. The standard InChI is InChI=1S/C29H39FN4O6S/c1-15(2)25(31)28(36)40-18-7-5-16(6-8-18)33-21-10-17(9-20(30)24(21)27(32)35)34-22-11-29(3,4)14-41(37,38)26(22)19-12-39-13-23(19)34/h9-10,15-16,18,25,33H,5-8,11-14,31H2,1-4H3,(H2,32,35)/t16?,18?,25-/m1/s1. The lowest BCUT2D eigenvalue weighted by atomic mass is 9.89. The molecule has 1 saturated carbocycles. The van der Waals surface area contributed by atoms with Gasteiger partial charge in [0.1, 0.15) is 18.0 Å². The monoisotopic (exact) mass is 590 g/mol. The Labute approximate surface area is 239 Å². The van der Waals surface area contributed by atoms with Gasteiger partial charge in [-0.3, -0.25) is 9.59 Å². The van der Waals surface area contributed by atoms with Crippen LogP contribution in [0.1, 0.15) is 80.7 Å². The number of primary amides is 1. The maximum Gasteiger partial charge on any atom is 0.323 e. The number of nitrogens with one attached hydrogen (secondary N) is 1. The molecule has 41 heavy (non-hydrogen) atoms. The quantitative estimate of drug-likeness (QED) is 0.415. The van der Waals surface area contributed by atoms with Crippen LogP contribution in [-0.4, -0.2) is 48.8 Å². The number of carbonyl (C=O) groups excluding carboxylic acids is 2. The zero-order valence-electron chi connectivity index (χ0n) is 24.0. The van der Waals surface area contributed by atoms with Gasteiger partial charge in [0.05, 0.1) is 46.5 Å². The summed E-state index contributed by atoms with van der Waals surface area (Å²) >= 11 is 0. The Balaban J connectivity index is 1.46. The van der Waals surface area contributed by atoms with Gasteiger partial charge in [-0.1, -0.05) is 27.7 Å². The van der Waals surface area contributed by atoms with E-state index in [0.29, 0.717) is 54.7 Å². The lowest BCUT2D eigenvalue weighted by Gasteiger charge is -2.32. The van der Waals surface area contributed by atoms with Crippen molar-refractivity contribution >= 4 is 27.4 Å². The first-order valence-electron chi connectivity index (χ1n) is 14.1. The number of aromatic nitrogens is 1. The number of halogens is 1. The third kappa shape index (κ3) is 5.61. The van der Waals surface area contributed by atoms with Gasteiger partial charge in [0.25, 0.3) is 5.91 Å². The van der Waals surface area contributed by atoms with Crippen molar-refractivity contribution in [2.45, 2.75) is 96.1 Å². The number of amides is 1. The van der Waals surface area contributed by atoms with Crippen LogP contribution in [0, 0.1) is 17.2 Å². The zero-order valence-corrected chi connectivity index (χ0v) is 24.8. The Hall–Kier alpha value is -2.96. The molecule has 0 spiro atoms. The number of hydrogen-bond donors (Lipinski definition) is 3. The molecule has 1 aliphatic carbocycles. The molecule has 0 saturated heterocycles. The van der Waals surface area contributed by atoms with Crippen LogP contribution in [0.25, 0.3) is 5.69 Å². The van der Waals surface area contributed by atoms with Crippen molar-refractivity contribution in [3.05, 3.63) is 40.5 Å². The molecule has 0 radical (unpaired) electrons. The van der Waals surface area contributed by atoms with Gasteiger partial charge in [0.2, 0.25) is 0 Å². The Morgan fingerprint density at radius 2 is 1.83 bits per heavy atom. The van der Waals surface area contributed by atoms with Gasteiger partial charge in [-0.05, 0) is 55.6 Å². The second-order valence-electron chi connectivity index (χ2n) is 12.7. The fourth-order valence-corrected chi connectivity index (χ4v) is 8.68. The van der Waals surface area contributed by atoms with E-state index in [4.69, 9.17) is 20.9 Å². The maximum atomic E-state index is 15.6. The van der Waals surface area contributed by atoms with Crippen LogP contribution in [-0.2, 0) is 43.7 Å². The van der Waals surface area contributed by atoms with E-state index in [1.54, 1.807) is 10.6 Å². The molecule has 1 amide bonds. The first-order valence-corrected chi connectivity index (χ1v) is 15.8. The van der Waals surface area contributed by atoms with Gasteiger partial charge in [-0.25, -0.2) is 12.8 Å². The average molecular weight is 591 g/mol. The van der Waals surface area contributed by atoms with Gasteiger partial charge in [-0.15, -0.1) is 0 Å². The molecule has 5 rings (SSSR count). The van der Waals surface area contributed by atoms with E-state index in [1.165, 1.54) is 6.07 Å². The predicted octanol–water partition coefficient (Wildman–Crippen LogP) is 3.35. The van der Waals surface area contributed by atoms with Crippen LogP contribution < -0.4 is 16.8 Å². The number of anilines is 1. The molecule has 224 valence electrons. The molecule has 0 bridgehead atoms. The number of hydrogen-bond acceptors (Lipinski definition) is 8. The van der Waals surface area contributed by atoms with Crippen molar-refractivity contribution in [2.24, 2.45) is 22.8 Å². The Bertz CT molecular complexity index is 1490. The highest BCUT2D eigenvalue weighted by molar-refractivity contribution is 7.91. The molecule has 1 fully saturated rings. The summed E-state index contributed by atoms with van der Waals surface area (Å²) < 4.78 is 55.3. The maximum absolute atomic E-state index is 15.6. The van der Waals surface area contributed by atoms with Crippen LogP contribution in [0.5, 0.6) is 0 Å². The Morgan fingerprint density at radius 1 is 1.15 bits per heavy atom. The molecule has 3 heterocycles. The van der Waals surface area contributed by atoms with Crippen molar-refractivity contribution < 1.29 is 31.9 Å². The average Bonchev–Trinajstić information content (AvgIpc) is 3.42. The van der Waals surface area contributed by atoms with Gasteiger partial charge in [0, 0.05) is 17.3 Å². The van der Waals surface area contributed by atoms with Crippen LogP contribution in [0.15, 0.2) is 17.0 Å². The normalized spacial score (nSPS) is 23.5. The summed E-state index contributed by atoms with van der Waals surface area (Å²) in [5.41, 5.74) is 13.3. The van der Waals surface area contributed by atoms with Crippen LogP contribution in [0.3, 0.4) is 0 Å². The molecule has 1 aromatic heterocycles. The van der Waals surface area contributed by atoms with Gasteiger partial charge in [0.15, 0.2) is 9.84 Å². The minimum absolute atomic E-state index is 0.0205. The van der Waals surface area contributed by atoms with Gasteiger partial charge < -0.3 is 30.8 Å². The number of ether oxygens (including phenoxy) is 2. The summed E-state index contributed by atoms with van der Waals surface area (Å²) in [6.45, 7) is 7.90. The van der Waals surface area contributed by atoms with E-state index < -0.39 is 39.0 Å². The summed E-state index contributed by atoms with van der Waals surface area (Å²) in [4.78, 5) is 24.9. The zero-order chi connectivity index (χ0) is 29.9. The van der Waals surface area contributed by atoms with E-state index in [1.807, 2.05) is 27.7 Å². The molecular weight excluding hydrogens is 551 g/mol. The van der Waals surface area contributed by atoms with Gasteiger partial charge >= 0.3 is 5.97 Å². The smallest absolute Gasteiger partial charge is 0.323 e. The van der Waals surface area contributed by atoms with E-state index in [-0.39, 0.29) is 53.2 Å². The minimum atomic E-state index is -3.58. The highest BCUT2D eigenvalue weighted by Crippen LogP contribution is 2.44. The molecule has 5 N–H and O–H groups in total. The lowest BCUT2D eigenvalue weighted by molar-refractivity contribution is -0.153. The topological polar surface area (TPSA) is 156 Å². The number of benzene rings is 1. The van der Waals surface area contributed by atoms with Crippen molar-refractivity contribution in [3.8, 4) is 5.69 Å². The number of carbonyl (C=O) groups is 2. The van der Waals surface area contributed by atoms with Crippen LogP contribution in [0.2, 0.25) is 0 Å². The molecule has 0 unspecified atom stereocenters. The minimum Gasteiger partial charge on any atom is -0.461 e. The highest BCUT2D eigenvalue weighted by atomic mass is 32.2. The Morgan fingerprint density at radius 3 is 2.46 bits per heavy atom.